The molecule has 1 aromatic rings. The van der Waals surface area contributed by atoms with Crippen molar-refractivity contribution in [3.8, 4) is 0 Å². The Morgan fingerprint density at radius 1 is 1.00 bits per heavy atom. The summed E-state index contributed by atoms with van der Waals surface area (Å²) in [4.78, 5) is 12.1. The molecule has 154 valence electrons. The van der Waals surface area contributed by atoms with Crippen molar-refractivity contribution < 1.29 is 27.7 Å². The van der Waals surface area contributed by atoms with E-state index >= 15 is 0 Å². The molecule has 0 N–H and O–H groups in total. The van der Waals surface area contributed by atoms with Gasteiger partial charge in [0.1, 0.15) is 0 Å². The quantitative estimate of drug-likeness (QED) is 0.696. The molecule has 4 saturated heterocycles. The lowest BCUT2D eigenvalue weighted by Gasteiger charge is -2.60. The third kappa shape index (κ3) is 2.50. The number of hydrogen-bond donors (Lipinski definition) is 0. The largest absolute Gasteiger partial charge is 0.329 e. The number of rotatable bonds is 2. The van der Waals surface area contributed by atoms with Gasteiger partial charge in [0, 0.05) is 18.3 Å². The molecule has 0 unspecified atom stereocenters. The standard InChI is InChI=1S/C21H28O6S/c1-13-9-10-17-14(2)18(28(22,23)15-7-5-4-6-8-15)24-19-21(17)16(13)11-12-20(3,25-19)26-27-21/h4-8,13-14,16-19H,9-12H2,1-3H3/t13-,14+,16-,17-,18-,19+,20+,21+/m0/s1. The maximum absolute atomic E-state index is 13.4. The van der Waals surface area contributed by atoms with Gasteiger partial charge in [0.2, 0.25) is 15.6 Å². The Bertz CT molecular complexity index is 857. The molecule has 5 fully saturated rings. The number of fused-ring (bicyclic) bond motifs is 2. The minimum Gasteiger partial charge on any atom is -0.329 e. The van der Waals surface area contributed by atoms with Crippen LogP contribution in [0.15, 0.2) is 35.2 Å². The summed E-state index contributed by atoms with van der Waals surface area (Å²) in [5.74, 6) is -0.461. The van der Waals surface area contributed by atoms with E-state index in [1.807, 2.05) is 19.9 Å². The normalized spacial score (nSPS) is 48.0. The molecule has 0 amide bonds. The number of benzene rings is 1. The lowest BCUT2D eigenvalue weighted by atomic mass is 9.58. The molecule has 28 heavy (non-hydrogen) atoms. The fourth-order valence-corrected chi connectivity index (χ4v) is 7.78. The Labute approximate surface area is 166 Å². The molecular weight excluding hydrogens is 380 g/mol. The van der Waals surface area contributed by atoms with Crippen LogP contribution in [0.3, 0.4) is 0 Å². The Hall–Kier alpha value is -0.990. The van der Waals surface area contributed by atoms with Gasteiger partial charge in [-0.2, -0.15) is 0 Å². The van der Waals surface area contributed by atoms with Crippen LogP contribution in [0, 0.1) is 23.7 Å². The Kier molecular flexibility index (Phi) is 4.24. The van der Waals surface area contributed by atoms with Crippen molar-refractivity contribution in [2.75, 3.05) is 0 Å². The van der Waals surface area contributed by atoms with Gasteiger partial charge in [-0.1, -0.05) is 32.0 Å². The highest BCUT2D eigenvalue weighted by molar-refractivity contribution is 7.92. The van der Waals surface area contributed by atoms with Gasteiger partial charge >= 0.3 is 0 Å². The van der Waals surface area contributed by atoms with Gasteiger partial charge < -0.3 is 9.47 Å². The molecule has 4 aliphatic heterocycles. The van der Waals surface area contributed by atoms with E-state index in [1.54, 1.807) is 24.3 Å². The summed E-state index contributed by atoms with van der Waals surface area (Å²) in [6, 6.07) is 8.54. The Balaban J connectivity index is 1.59. The third-order valence-corrected chi connectivity index (χ3v) is 9.56. The summed E-state index contributed by atoms with van der Waals surface area (Å²) in [6.45, 7) is 6.06. The molecule has 7 heteroatoms. The first kappa shape index (κ1) is 19.0. The Morgan fingerprint density at radius 2 is 1.75 bits per heavy atom. The van der Waals surface area contributed by atoms with Gasteiger partial charge in [-0.3, -0.25) is 0 Å². The molecule has 0 radical (unpaired) electrons. The molecule has 1 aromatic carbocycles. The molecule has 2 bridgehead atoms. The molecule has 6 nitrogen and oxygen atoms in total. The molecule has 6 rings (SSSR count). The van der Waals surface area contributed by atoms with Gasteiger partial charge in [-0.25, -0.2) is 18.2 Å². The highest BCUT2D eigenvalue weighted by atomic mass is 32.2. The SMILES string of the molecule is C[C@H]1[C@H](S(=O)(=O)c2ccccc2)O[C@@H]2O[C@@]3(C)CC[C@H]4[C@@H](C)CC[C@@H]1[C@@]24OO3. The minimum absolute atomic E-state index is 0.00131. The van der Waals surface area contributed by atoms with Gasteiger partial charge in [0.05, 0.1) is 4.90 Å². The lowest BCUT2D eigenvalue weighted by Crippen LogP contribution is -2.71. The summed E-state index contributed by atoms with van der Waals surface area (Å²) in [5, 5.41) is 0. The topological polar surface area (TPSA) is 71.1 Å². The molecule has 1 saturated carbocycles. The second kappa shape index (κ2) is 6.25. The number of hydrogen-bond acceptors (Lipinski definition) is 6. The van der Waals surface area contributed by atoms with Crippen LogP contribution in [0.25, 0.3) is 0 Å². The van der Waals surface area contributed by atoms with Crippen LogP contribution in [0.4, 0.5) is 0 Å². The van der Waals surface area contributed by atoms with Crippen LogP contribution < -0.4 is 0 Å². The fraction of sp³-hybridized carbons (Fsp3) is 0.714. The molecule has 4 heterocycles. The van der Waals surface area contributed by atoms with E-state index < -0.39 is 33.0 Å². The van der Waals surface area contributed by atoms with Crippen LogP contribution in [-0.4, -0.2) is 31.5 Å². The summed E-state index contributed by atoms with van der Waals surface area (Å²) >= 11 is 0. The molecule has 8 atom stereocenters. The maximum atomic E-state index is 13.4. The smallest absolute Gasteiger partial charge is 0.205 e. The molecule has 5 aliphatic rings. The van der Waals surface area contributed by atoms with E-state index in [0.717, 1.165) is 19.3 Å². The summed E-state index contributed by atoms with van der Waals surface area (Å²) in [7, 11) is -3.66. The van der Waals surface area contributed by atoms with Crippen molar-refractivity contribution in [2.45, 2.75) is 74.5 Å². The van der Waals surface area contributed by atoms with Crippen LogP contribution >= 0.6 is 0 Å². The van der Waals surface area contributed by atoms with Crippen molar-refractivity contribution in [3.63, 3.8) is 0 Å². The zero-order chi connectivity index (χ0) is 19.7. The second-order valence-corrected chi connectivity index (χ2v) is 11.2. The van der Waals surface area contributed by atoms with Crippen molar-refractivity contribution in [1.29, 1.82) is 0 Å². The third-order valence-electron chi connectivity index (χ3n) is 7.47. The fourth-order valence-electron chi connectivity index (χ4n) is 5.97. The first-order valence-corrected chi connectivity index (χ1v) is 11.8. The monoisotopic (exact) mass is 408 g/mol. The first-order chi connectivity index (χ1) is 13.3. The van der Waals surface area contributed by atoms with Crippen LogP contribution in [0.5, 0.6) is 0 Å². The first-order valence-electron chi connectivity index (χ1n) is 10.3. The van der Waals surface area contributed by atoms with Crippen molar-refractivity contribution >= 4 is 9.84 Å². The minimum atomic E-state index is -3.66. The van der Waals surface area contributed by atoms with E-state index in [1.165, 1.54) is 0 Å². The number of ether oxygens (including phenoxy) is 2. The van der Waals surface area contributed by atoms with Crippen molar-refractivity contribution in [2.24, 2.45) is 23.7 Å². The summed E-state index contributed by atoms with van der Waals surface area (Å²) in [6.07, 6.45) is 2.82. The molecular formula is C21H28O6S. The van der Waals surface area contributed by atoms with E-state index in [0.29, 0.717) is 12.3 Å². The zero-order valence-electron chi connectivity index (χ0n) is 16.5. The van der Waals surface area contributed by atoms with Gasteiger partial charge in [0.25, 0.3) is 0 Å². The van der Waals surface area contributed by atoms with E-state index in [2.05, 4.69) is 6.92 Å². The molecule has 0 aromatic heterocycles. The van der Waals surface area contributed by atoms with Crippen molar-refractivity contribution in [3.05, 3.63) is 30.3 Å². The predicted molar refractivity (Wildman–Crippen MR) is 100 cm³/mol. The van der Waals surface area contributed by atoms with Crippen LogP contribution in [0.2, 0.25) is 0 Å². The van der Waals surface area contributed by atoms with Crippen LogP contribution in [-0.2, 0) is 29.1 Å². The van der Waals surface area contributed by atoms with Gasteiger partial charge in [0.15, 0.2) is 17.3 Å². The second-order valence-electron chi connectivity index (χ2n) is 9.13. The summed E-state index contributed by atoms with van der Waals surface area (Å²) < 4.78 is 39.3. The van der Waals surface area contributed by atoms with Crippen LogP contribution in [0.1, 0.15) is 46.5 Å². The Morgan fingerprint density at radius 3 is 2.50 bits per heavy atom. The molecule has 1 aliphatic carbocycles. The average Bonchev–Trinajstić information content (AvgIpc) is 2.91. The van der Waals surface area contributed by atoms with Crippen molar-refractivity contribution in [1.82, 2.24) is 0 Å². The average molecular weight is 409 g/mol. The maximum Gasteiger partial charge on any atom is 0.205 e. The zero-order valence-corrected chi connectivity index (χ0v) is 17.4. The molecule has 1 spiro atoms. The predicted octanol–water partition coefficient (Wildman–Crippen LogP) is 3.67. The van der Waals surface area contributed by atoms with Gasteiger partial charge in [-0.15, -0.1) is 0 Å². The number of sulfone groups is 1. The van der Waals surface area contributed by atoms with Gasteiger partial charge in [-0.05, 0) is 50.2 Å². The highest BCUT2D eigenvalue weighted by Gasteiger charge is 2.70. The van der Waals surface area contributed by atoms with E-state index in [-0.39, 0.29) is 22.6 Å². The summed E-state index contributed by atoms with van der Waals surface area (Å²) in [5.41, 5.74) is -1.70. The van der Waals surface area contributed by atoms with E-state index in [9.17, 15) is 8.42 Å². The lowest BCUT2D eigenvalue weighted by molar-refractivity contribution is -0.568. The van der Waals surface area contributed by atoms with E-state index in [4.69, 9.17) is 19.2 Å². The highest BCUT2D eigenvalue weighted by Crippen LogP contribution is 2.61.